The van der Waals surface area contributed by atoms with Crippen LogP contribution in [0.1, 0.15) is 13.3 Å². The van der Waals surface area contributed by atoms with Gasteiger partial charge in [-0.1, -0.05) is 25.3 Å². The molecule has 11 nitrogen and oxygen atoms in total. The van der Waals surface area contributed by atoms with E-state index in [1.54, 1.807) is 0 Å². The summed E-state index contributed by atoms with van der Waals surface area (Å²) in [6.45, 7) is 15.8. The number of ether oxygens (including phenoxy) is 3. The number of ketones is 1. The Hall–Kier alpha value is -2.35. The molecule has 3 aliphatic heterocycles. The summed E-state index contributed by atoms with van der Waals surface area (Å²) in [5.41, 5.74) is 0. The van der Waals surface area contributed by atoms with E-state index in [9.17, 15) is 19.2 Å². The Labute approximate surface area is 223 Å². The summed E-state index contributed by atoms with van der Waals surface area (Å²) in [6.07, 6.45) is 0.856. The Morgan fingerprint density at radius 1 is 1.14 bits per heavy atom. The molecule has 0 bridgehead atoms. The molecule has 3 saturated heterocycles. The van der Waals surface area contributed by atoms with Crippen molar-refractivity contribution in [1.82, 2.24) is 15.3 Å². The van der Waals surface area contributed by atoms with Crippen LogP contribution in [0.25, 0.3) is 0 Å². The van der Waals surface area contributed by atoms with Gasteiger partial charge in [0, 0.05) is 11.9 Å². The predicted octanol–water partition coefficient (Wildman–Crippen LogP) is 2.35. The van der Waals surface area contributed by atoms with Gasteiger partial charge >= 0.3 is 12.2 Å². The first-order chi connectivity index (χ1) is 17.5. The van der Waals surface area contributed by atoms with E-state index in [2.05, 4.69) is 38.1 Å². The van der Waals surface area contributed by atoms with Crippen LogP contribution in [-0.4, -0.2) is 104 Å². The molecule has 1 N–H and O–H groups in total. The monoisotopic (exact) mass is 555 g/mol. The molecule has 0 aromatic rings. The summed E-state index contributed by atoms with van der Waals surface area (Å²) >= 11 is 1.40. The maximum atomic E-state index is 13.5. The van der Waals surface area contributed by atoms with Gasteiger partial charge in [0.2, 0.25) is 5.91 Å². The first-order valence-corrected chi connectivity index (χ1v) is 16.7. The highest BCUT2D eigenvalue weighted by molar-refractivity contribution is 8.01. The van der Waals surface area contributed by atoms with Crippen molar-refractivity contribution in [1.29, 1.82) is 0 Å². The number of amides is 3. The smallest absolute Gasteiger partial charge is 0.429 e. The minimum atomic E-state index is -1.88. The zero-order valence-electron chi connectivity index (χ0n) is 21.8. The zero-order valence-corrected chi connectivity index (χ0v) is 23.7. The molecule has 206 valence electrons. The molecule has 0 aromatic carbocycles. The topological polar surface area (TPSA) is 124 Å². The maximum absolute atomic E-state index is 13.5. The highest BCUT2D eigenvalue weighted by Gasteiger charge is 2.53. The number of thioether (sulfide) groups is 1. The largest absolute Gasteiger partial charge is 0.444 e. The zero-order chi connectivity index (χ0) is 27.3. The molecule has 0 aliphatic carbocycles. The Morgan fingerprint density at radius 2 is 1.70 bits per heavy atom. The van der Waals surface area contributed by atoms with E-state index in [0.717, 1.165) is 0 Å². The SMILES string of the molecule is C=CCOC(=O)N1CC(SC2CCOC(C3NC(=O)C3C(C)O[Si](C)(C)C)C2=O)CN1C(=O)OCC=C. The normalized spacial score (nSPS) is 27.2. The molecule has 0 spiro atoms. The minimum absolute atomic E-state index is 0.00304. The molecule has 5 atom stereocenters. The lowest BCUT2D eigenvalue weighted by atomic mass is 9.80. The Kier molecular flexibility index (Phi) is 9.84. The third-order valence-corrected chi connectivity index (χ3v) is 8.68. The van der Waals surface area contributed by atoms with Crippen LogP contribution in [0.2, 0.25) is 19.6 Å². The molecular formula is C24H37N3O8SSi. The van der Waals surface area contributed by atoms with Crippen molar-refractivity contribution >= 4 is 44.0 Å². The number of hydrogen-bond acceptors (Lipinski definition) is 9. The predicted molar refractivity (Wildman–Crippen MR) is 140 cm³/mol. The van der Waals surface area contributed by atoms with Gasteiger partial charge in [-0.3, -0.25) is 9.59 Å². The summed E-state index contributed by atoms with van der Waals surface area (Å²) in [7, 11) is -1.88. The van der Waals surface area contributed by atoms with Crippen LogP contribution in [0.4, 0.5) is 9.59 Å². The van der Waals surface area contributed by atoms with Crippen LogP contribution < -0.4 is 5.32 Å². The van der Waals surface area contributed by atoms with E-state index in [0.29, 0.717) is 13.0 Å². The fourth-order valence-electron chi connectivity index (χ4n) is 4.66. The van der Waals surface area contributed by atoms with Gasteiger partial charge in [-0.15, -0.1) is 11.8 Å². The van der Waals surface area contributed by atoms with Gasteiger partial charge in [-0.2, -0.15) is 0 Å². The fourth-order valence-corrected chi connectivity index (χ4v) is 7.34. The Balaban J connectivity index is 1.66. The van der Waals surface area contributed by atoms with Crippen LogP contribution in [-0.2, 0) is 28.2 Å². The van der Waals surface area contributed by atoms with Crippen molar-refractivity contribution in [2.24, 2.45) is 5.92 Å². The lowest BCUT2D eigenvalue weighted by Gasteiger charge is -2.46. The maximum Gasteiger partial charge on any atom is 0.429 e. The minimum Gasteiger partial charge on any atom is -0.444 e. The third-order valence-electron chi connectivity index (χ3n) is 6.12. The van der Waals surface area contributed by atoms with Crippen molar-refractivity contribution in [2.75, 3.05) is 32.9 Å². The summed E-state index contributed by atoms with van der Waals surface area (Å²) in [4.78, 5) is 50.9. The van der Waals surface area contributed by atoms with E-state index in [4.69, 9.17) is 18.6 Å². The van der Waals surface area contributed by atoms with Crippen molar-refractivity contribution < 1.29 is 37.8 Å². The number of hydrazine groups is 1. The second-order valence-corrected chi connectivity index (χ2v) is 16.1. The molecule has 13 heteroatoms. The number of carbonyl (C=O) groups excluding carboxylic acids is 4. The number of rotatable bonds is 10. The van der Waals surface area contributed by atoms with Crippen LogP contribution in [0.5, 0.6) is 0 Å². The summed E-state index contributed by atoms with van der Waals surface area (Å²) in [6, 6.07) is -0.450. The number of nitrogens with one attached hydrogen (secondary N) is 1. The molecule has 3 fully saturated rings. The average molecular weight is 556 g/mol. The van der Waals surface area contributed by atoms with Gasteiger partial charge in [0.1, 0.15) is 19.3 Å². The van der Waals surface area contributed by atoms with Crippen LogP contribution >= 0.6 is 11.8 Å². The lowest BCUT2D eigenvalue weighted by molar-refractivity contribution is -0.155. The van der Waals surface area contributed by atoms with Gasteiger partial charge in [0.05, 0.1) is 36.4 Å². The number of Topliss-reactive ketones (excluding diaryl/α,β-unsaturated/α-hetero) is 1. The first kappa shape index (κ1) is 29.2. The average Bonchev–Trinajstić information content (AvgIpc) is 3.23. The van der Waals surface area contributed by atoms with Crippen molar-refractivity contribution in [3.05, 3.63) is 25.3 Å². The fraction of sp³-hybridized carbons (Fsp3) is 0.667. The van der Waals surface area contributed by atoms with E-state index in [-0.39, 0.29) is 49.3 Å². The number of carbonyl (C=O) groups is 4. The van der Waals surface area contributed by atoms with Crippen molar-refractivity contribution in [2.45, 2.75) is 61.7 Å². The highest BCUT2D eigenvalue weighted by Crippen LogP contribution is 2.35. The van der Waals surface area contributed by atoms with Crippen LogP contribution in [0.3, 0.4) is 0 Å². The second kappa shape index (κ2) is 12.5. The molecule has 3 rings (SSSR count). The number of hydrogen-bond donors (Lipinski definition) is 1. The molecule has 3 amide bonds. The highest BCUT2D eigenvalue weighted by atomic mass is 32.2. The molecule has 0 saturated carbocycles. The van der Waals surface area contributed by atoms with E-state index in [1.165, 1.54) is 33.9 Å². The Morgan fingerprint density at radius 3 is 2.19 bits per heavy atom. The second-order valence-electron chi connectivity index (χ2n) is 10.1. The summed E-state index contributed by atoms with van der Waals surface area (Å²) in [5.74, 6) is -0.707. The van der Waals surface area contributed by atoms with Crippen molar-refractivity contribution in [3.8, 4) is 0 Å². The third kappa shape index (κ3) is 7.15. The van der Waals surface area contributed by atoms with E-state index in [1.807, 2.05) is 6.92 Å². The van der Waals surface area contributed by atoms with Crippen LogP contribution in [0, 0.1) is 5.92 Å². The quantitative estimate of drug-likeness (QED) is 0.246. The first-order valence-electron chi connectivity index (χ1n) is 12.4. The molecule has 0 aromatic heterocycles. The van der Waals surface area contributed by atoms with Gasteiger partial charge in [0.25, 0.3) is 0 Å². The van der Waals surface area contributed by atoms with Crippen LogP contribution in [0.15, 0.2) is 25.3 Å². The molecule has 3 heterocycles. The van der Waals surface area contributed by atoms with E-state index >= 15 is 0 Å². The van der Waals surface area contributed by atoms with Gasteiger partial charge < -0.3 is 24.0 Å². The number of β-lactam (4-membered cyclic amide) rings is 1. The molecule has 37 heavy (non-hydrogen) atoms. The number of nitrogens with zero attached hydrogens (tertiary/aromatic N) is 2. The van der Waals surface area contributed by atoms with Gasteiger partial charge in [0.15, 0.2) is 14.1 Å². The lowest BCUT2D eigenvalue weighted by Crippen LogP contribution is -2.70. The van der Waals surface area contributed by atoms with Gasteiger partial charge in [-0.05, 0) is 33.0 Å². The molecular weight excluding hydrogens is 518 g/mol. The summed E-state index contributed by atoms with van der Waals surface area (Å²) < 4.78 is 22.2. The standard InChI is InChI=1S/C24H37N3O8SSi/c1-7-10-33-23(30)26-13-16(14-27(26)24(31)34-11-8-2)36-17-9-12-32-21(20(17)28)19-18(22(29)25-19)15(3)35-37(4,5)6/h7-8,15-19,21H,1-2,9-14H2,3-6H3,(H,25,29). The molecule has 3 aliphatic rings. The molecule has 0 radical (unpaired) electrons. The molecule has 5 unspecified atom stereocenters. The van der Waals surface area contributed by atoms with Gasteiger partial charge in [-0.25, -0.2) is 19.6 Å². The Bertz CT molecular complexity index is 881. The van der Waals surface area contributed by atoms with E-state index < -0.39 is 43.8 Å². The van der Waals surface area contributed by atoms with Crippen molar-refractivity contribution in [3.63, 3.8) is 0 Å². The summed E-state index contributed by atoms with van der Waals surface area (Å²) in [5, 5.41) is 4.55.